The van der Waals surface area contributed by atoms with Crippen LogP contribution in [0.4, 0.5) is 4.39 Å². The first-order valence-corrected chi connectivity index (χ1v) is 5.84. The summed E-state index contributed by atoms with van der Waals surface area (Å²) in [6.07, 6.45) is 0.926. The third kappa shape index (κ3) is 4.19. The molecule has 0 heterocycles. The Kier molecular flexibility index (Phi) is 5.15. The van der Waals surface area contributed by atoms with Crippen molar-refractivity contribution in [3.63, 3.8) is 0 Å². The Morgan fingerprint density at radius 1 is 1.71 bits per heavy atom. The summed E-state index contributed by atoms with van der Waals surface area (Å²) >= 11 is 3.16. The molecule has 92 valence electrons. The molecule has 0 radical (unpaired) electrons. The number of nitrogens with one attached hydrogen (secondary N) is 1. The smallest absolute Gasteiger partial charge is 0.261 e. The molecule has 1 rings (SSSR count). The molecular weight excluding hydrogens is 289 g/mol. The van der Waals surface area contributed by atoms with E-state index in [4.69, 9.17) is 4.74 Å². The zero-order valence-corrected chi connectivity index (χ0v) is 11.0. The van der Waals surface area contributed by atoms with Crippen LogP contribution in [0, 0.1) is 5.82 Å². The van der Waals surface area contributed by atoms with E-state index in [1.807, 2.05) is 0 Å². The van der Waals surface area contributed by atoms with Crippen molar-refractivity contribution in [2.45, 2.75) is 13.0 Å². The van der Waals surface area contributed by atoms with Gasteiger partial charge in [0.05, 0.1) is 4.47 Å². The molecule has 1 atom stereocenters. The molecule has 0 fully saturated rings. The third-order valence-corrected chi connectivity index (χ3v) is 2.61. The fraction of sp³-hybridized carbons (Fsp3) is 0.250. The molecule has 0 saturated heterocycles. The Morgan fingerprint density at radius 2 is 2.41 bits per heavy atom. The highest BCUT2D eigenvalue weighted by atomic mass is 79.9. The van der Waals surface area contributed by atoms with Gasteiger partial charge in [0.25, 0.3) is 5.91 Å². The third-order valence-electron chi connectivity index (χ3n) is 1.99. The van der Waals surface area contributed by atoms with Gasteiger partial charge in [0.15, 0.2) is 6.10 Å². The van der Waals surface area contributed by atoms with E-state index >= 15 is 0 Å². The van der Waals surface area contributed by atoms with E-state index in [0.717, 1.165) is 0 Å². The van der Waals surface area contributed by atoms with Crippen LogP contribution < -0.4 is 10.1 Å². The lowest BCUT2D eigenvalue weighted by Crippen LogP contribution is -2.36. The minimum Gasteiger partial charge on any atom is -0.480 e. The van der Waals surface area contributed by atoms with Crippen molar-refractivity contribution in [3.05, 3.63) is 41.1 Å². The van der Waals surface area contributed by atoms with Crippen LogP contribution in [0.5, 0.6) is 5.75 Å². The second kappa shape index (κ2) is 6.39. The van der Waals surface area contributed by atoms with Crippen molar-refractivity contribution in [1.29, 1.82) is 0 Å². The highest BCUT2D eigenvalue weighted by molar-refractivity contribution is 9.10. The monoisotopic (exact) mass is 301 g/mol. The van der Waals surface area contributed by atoms with Gasteiger partial charge >= 0.3 is 0 Å². The number of amides is 1. The van der Waals surface area contributed by atoms with Crippen molar-refractivity contribution >= 4 is 21.8 Å². The number of rotatable bonds is 5. The first kappa shape index (κ1) is 13.7. The van der Waals surface area contributed by atoms with E-state index in [9.17, 15) is 9.18 Å². The fourth-order valence-electron chi connectivity index (χ4n) is 1.13. The van der Waals surface area contributed by atoms with Crippen molar-refractivity contribution in [2.75, 3.05) is 6.54 Å². The van der Waals surface area contributed by atoms with E-state index < -0.39 is 6.10 Å². The lowest BCUT2D eigenvalue weighted by molar-refractivity contribution is -0.127. The van der Waals surface area contributed by atoms with E-state index in [0.29, 0.717) is 16.8 Å². The van der Waals surface area contributed by atoms with Crippen LogP contribution in [0.1, 0.15) is 6.92 Å². The predicted molar refractivity (Wildman–Crippen MR) is 67.4 cm³/mol. The Bertz CT molecular complexity index is 423. The number of carbonyl (C=O) groups excluding carboxylic acids is 1. The summed E-state index contributed by atoms with van der Waals surface area (Å²) in [6, 6.07) is 4.02. The SMILES string of the molecule is C=CCNC(=O)C(C)Oc1ccc(F)cc1Br. The number of hydrogen-bond donors (Lipinski definition) is 1. The normalized spacial score (nSPS) is 11.7. The average Bonchev–Trinajstić information content (AvgIpc) is 2.29. The van der Waals surface area contributed by atoms with Gasteiger partial charge in [-0.1, -0.05) is 6.08 Å². The second-order valence-electron chi connectivity index (χ2n) is 3.37. The largest absolute Gasteiger partial charge is 0.480 e. The second-order valence-corrected chi connectivity index (χ2v) is 4.22. The molecule has 0 aliphatic carbocycles. The number of benzene rings is 1. The molecule has 1 aromatic rings. The molecule has 1 N–H and O–H groups in total. The molecule has 1 aromatic carbocycles. The molecule has 1 unspecified atom stereocenters. The molecule has 3 nitrogen and oxygen atoms in total. The van der Waals surface area contributed by atoms with Gasteiger partial charge < -0.3 is 10.1 Å². The van der Waals surface area contributed by atoms with Crippen LogP contribution in [-0.2, 0) is 4.79 Å². The Labute approximate surface area is 108 Å². The van der Waals surface area contributed by atoms with Crippen LogP contribution >= 0.6 is 15.9 Å². The van der Waals surface area contributed by atoms with Crippen molar-refractivity contribution in [3.8, 4) is 5.75 Å². The highest BCUT2D eigenvalue weighted by Gasteiger charge is 2.15. The molecule has 0 saturated carbocycles. The summed E-state index contributed by atoms with van der Waals surface area (Å²) in [6.45, 7) is 5.50. The van der Waals surface area contributed by atoms with Gasteiger partial charge in [-0.2, -0.15) is 0 Å². The summed E-state index contributed by atoms with van der Waals surface area (Å²) in [7, 11) is 0. The van der Waals surface area contributed by atoms with Crippen LogP contribution in [0.3, 0.4) is 0 Å². The Balaban J connectivity index is 2.64. The van der Waals surface area contributed by atoms with Crippen molar-refractivity contribution in [2.24, 2.45) is 0 Å². The van der Waals surface area contributed by atoms with E-state index in [1.165, 1.54) is 18.2 Å². The van der Waals surface area contributed by atoms with E-state index in [1.54, 1.807) is 13.0 Å². The van der Waals surface area contributed by atoms with Gasteiger partial charge in [-0.25, -0.2) is 4.39 Å². The minimum atomic E-state index is -0.656. The first-order chi connectivity index (χ1) is 8.04. The van der Waals surface area contributed by atoms with Crippen molar-refractivity contribution < 1.29 is 13.9 Å². The number of halogens is 2. The van der Waals surface area contributed by atoms with Crippen LogP contribution in [-0.4, -0.2) is 18.6 Å². The maximum absolute atomic E-state index is 12.8. The lowest BCUT2D eigenvalue weighted by atomic mass is 10.3. The van der Waals surface area contributed by atoms with Crippen LogP contribution in [0.15, 0.2) is 35.3 Å². The lowest BCUT2D eigenvalue weighted by Gasteiger charge is -2.15. The highest BCUT2D eigenvalue weighted by Crippen LogP contribution is 2.26. The summed E-state index contributed by atoms with van der Waals surface area (Å²) < 4.78 is 18.7. The van der Waals surface area contributed by atoms with E-state index in [2.05, 4.69) is 27.8 Å². The molecule has 0 spiro atoms. The summed E-state index contributed by atoms with van der Waals surface area (Å²) in [5.74, 6) is -0.193. The summed E-state index contributed by atoms with van der Waals surface area (Å²) in [5.41, 5.74) is 0. The fourth-order valence-corrected chi connectivity index (χ4v) is 1.58. The van der Waals surface area contributed by atoms with E-state index in [-0.39, 0.29) is 11.7 Å². The molecule has 5 heteroatoms. The first-order valence-electron chi connectivity index (χ1n) is 5.05. The quantitative estimate of drug-likeness (QED) is 0.849. The molecule has 0 bridgehead atoms. The molecular formula is C12H13BrFNO2. The zero-order chi connectivity index (χ0) is 12.8. The van der Waals surface area contributed by atoms with Gasteiger partial charge in [0, 0.05) is 6.54 Å². The van der Waals surface area contributed by atoms with Crippen LogP contribution in [0.25, 0.3) is 0 Å². The Hall–Kier alpha value is -1.36. The van der Waals surface area contributed by atoms with Gasteiger partial charge in [0.2, 0.25) is 0 Å². The average molecular weight is 302 g/mol. The molecule has 0 aliphatic rings. The summed E-state index contributed by atoms with van der Waals surface area (Å²) in [5, 5.41) is 2.61. The maximum atomic E-state index is 12.8. The number of ether oxygens (including phenoxy) is 1. The Morgan fingerprint density at radius 3 is 3.00 bits per heavy atom. The standard InChI is InChI=1S/C12H13BrFNO2/c1-3-6-15-12(16)8(2)17-11-5-4-9(14)7-10(11)13/h3-5,7-8H,1,6H2,2H3,(H,15,16). The van der Waals surface area contributed by atoms with Crippen molar-refractivity contribution in [1.82, 2.24) is 5.32 Å². The molecule has 17 heavy (non-hydrogen) atoms. The van der Waals surface area contributed by atoms with Gasteiger partial charge in [-0.05, 0) is 41.1 Å². The predicted octanol–water partition coefficient (Wildman–Crippen LogP) is 2.66. The molecule has 0 aliphatic heterocycles. The number of carbonyl (C=O) groups is 1. The number of hydrogen-bond acceptors (Lipinski definition) is 2. The topological polar surface area (TPSA) is 38.3 Å². The van der Waals surface area contributed by atoms with Crippen LogP contribution in [0.2, 0.25) is 0 Å². The molecule has 0 aromatic heterocycles. The molecule has 1 amide bonds. The zero-order valence-electron chi connectivity index (χ0n) is 9.37. The maximum Gasteiger partial charge on any atom is 0.261 e. The summed E-state index contributed by atoms with van der Waals surface area (Å²) in [4.78, 5) is 11.5. The minimum absolute atomic E-state index is 0.249. The van der Waals surface area contributed by atoms with Gasteiger partial charge in [-0.15, -0.1) is 6.58 Å². The van der Waals surface area contributed by atoms with Gasteiger partial charge in [-0.3, -0.25) is 4.79 Å². The van der Waals surface area contributed by atoms with Gasteiger partial charge in [0.1, 0.15) is 11.6 Å².